The molecule has 2 aromatic carbocycles. The molecule has 222 valence electrons. The van der Waals surface area contributed by atoms with Gasteiger partial charge in [0.1, 0.15) is 42.2 Å². The predicted molar refractivity (Wildman–Crippen MR) is 161 cm³/mol. The van der Waals surface area contributed by atoms with Gasteiger partial charge in [0.2, 0.25) is 5.88 Å². The summed E-state index contributed by atoms with van der Waals surface area (Å²) in [6, 6.07) is 7.85. The van der Waals surface area contributed by atoms with Crippen LogP contribution in [0.5, 0.6) is 17.6 Å². The second-order valence-corrected chi connectivity index (χ2v) is 12.3. The number of anilines is 1. The van der Waals surface area contributed by atoms with Gasteiger partial charge in [-0.15, -0.1) is 6.42 Å². The molecule has 3 atom stereocenters. The first-order valence-electron chi connectivity index (χ1n) is 14.7. The number of rotatable bonds is 5. The number of terminal acetylenes is 1. The average molecular weight is 586 g/mol. The lowest BCUT2D eigenvalue weighted by molar-refractivity contribution is 0.107. The summed E-state index contributed by atoms with van der Waals surface area (Å²) in [7, 11) is 1.97. The van der Waals surface area contributed by atoms with E-state index < -0.39 is 12.0 Å². The van der Waals surface area contributed by atoms with Gasteiger partial charge in [0.05, 0.1) is 28.4 Å². The fraction of sp³-hybridized carbons (Fsp3) is 0.424. The van der Waals surface area contributed by atoms with E-state index >= 15 is 0 Å². The Hall–Kier alpha value is -4.23. The zero-order valence-electron chi connectivity index (χ0n) is 24.4. The zero-order chi connectivity index (χ0) is 30.0. The number of aromatic hydroxyl groups is 1. The van der Waals surface area contributed by atoms with E-state index in [1.165, 1.54) is 18.2 Å². The topological polar surface area (TPSA) is 83.8 Å². The Labute approximate surface area is 248 Å². The smallest absolute Gasteiger partial charge is 0.319 e. The van der Waals surface area contributed by atoms with Crippen LogP contribution in [0.1, 0.15) is 38.7 Å². The molecule has 4 aromatic rings. The summed E-state index contributed by atoms with van der Waals surface area (Å²) in [5.41, 5.74) is 1.10. The minimum Gasteiger partial charge on any atom is -0.508 e. The quantitative estimate of drug-likeness (QED) is 0.309. The number of likely N-dealkylation sites (N-methyl/N-ethyl adjacent to an activating group) is 1. The van der Waals surface area contributed by atoms with Crippen molar-refractivity contribution in [2.24, 2.45) is 5.92 Å². The lowest BCUT2D eigenvalue weighted by Crippen LogP contribution is -2.43. The molecular formula is C33H33F2N5O3. The van der Waals surface area contributed by atoms with Crippen LogP contribution >= 0.6 is 0 Å². The van der Waals surface area contributed by atoms with Gasteiger partial charge in [0.25, 0.3) is 0 Å². The van der Waals surface area contributed by atoms with Crippen molar-refractivity contribution in [3.63, 3.8) is 0 Å². The summed E-state index contributed by atoms with van der Waals surface area (Å²) >= 11 is 0. The SMILES string of the molecule is C#Cc1c(F)ccc2cc(O)cc(-c3cc4nc(OC[C@@]56CCCN5C[C@H](F)C6)nc5c4c(n3)OC[C@H](C(C)C)N5C)c12. The molecule has 0 amide bonds. The number of phenols is 1. The fourth-order valence-corrected chi connectivity index (χ4v) is 7.13. The molecule has 3 aliphatic rings. The van der Waals surface area contributed by atoms with E-state index in [9.17, 15) is 13.9 Å². The number of alkyl halides is 1. The summed E-state index contributed by atoms with van der Waals surface area (Å²) < 4.78 is 41.9. The molecule has 3 aliphatic heterocycles. The van der Waals surface area contributed by atoms with Crippen molar-refractivity contribution in [3.8, 4) is 41.2 Å². The van der Waals surface area contributed by atoms with E-state index in [-0.39, 0.29) is 34.8 Å². The molecule has 8 nitrogen and oxygen atoms in total. The Morgan fingerprint density at radius 2 is 2.05 bits per heavy atom. The van der Waals surface area contributed by atoms with Crippen molar-refractivity contribution in [3.05, 3.63) is 41.7 Å². The molecule has 2 saturated heterocycles. The van der Waals surface area contributed by atoms with Gasteiger partial charge in [-0.25, -0.2) is 13.8 Å². The number of ether oxygens (including phenoxy) is 2. The average Bonchev–Trinajstić information content (AvgIpc) is 3.45. The Balaban J connectivity index is 1.40. The van der Waals surface area contributed by atoms with Crippen LogP contribution in [0.2, 0.25) is 0 Å². The van der Waals surface area contributed by atoms with E-state index in [4.69, 9.17) is 30.8 Å². The lowest BCUT2D eigenvalue weighted by atomic mass is 9.95. The molecule has 0 radical (unpaired) electrons. The highest BCUT2D eigenvalue weighted by Gasteiger charge is 2.49. The van der Waals surface area contributed by atoms with Crippen molar-refractivity contribution in [1.29, 1.82) is 0 Å². The van der Waals surface area contributed by atoms with Crippen LogP contribution in [0.15, 0.2) is 30.3 Å². The van der Waals surface area contributed by atoms with Crippen LogP contribution in [-0.2, 0) is 0 Å². The molecule has 43 heavy (non-hydrogen) atoms. The molecule has 0 bridgehead atoms. The van der Waals surface area contributed by atoms with Crippen LogP contribution in [-0.4, -0.2) is 76.1 Å². The van der Waals surface area contributed by atoms with Crippen molar-refractivity contribution >= 4 is 27.5 Å². The van der Waals surface area contributed by atoms with Crippen molar-refractivity contribution in [1.82, 2.24) is 19.9 Å². The summed E-state index contributed by atoms with van der Waals surface area (Å²) in [6.07, 6.45) is 7.18. The molecule has 2 fully saturated rings. The van der Waals surface area contributed by atoms with Gasteiger partial charge in [-0.3, -0.25) is 4.90 Å². The number of aromatic nitrogens is 3. The highest BCUT2D eigenvalue weighted by Crippen LogP contribution is 2.43. The summed E-state index contributed by atoms with van der Waals surface area (Å²) in [5.74, 6) is 3.09. The number of hydrogen-bond acceptors (Lipinski definition) is 8. The molecule has 2 aromatic heterocycles. The first-order valence-corrected chi connectivity index (χ1v) is 14.7. The van der Waals surface area contributed by atoms with Crippen LogP contribution in [0.4, 0.5) is 14.6 Å². The first-order chi connectivity index (χ1) is 20.7. The molecule has 5 heterocycles. The Bertz CT molecular complexity index is 1810. The second kappa shape index (κ2) is 10.2. The number of benzene rings is 2. The Kier molecular flexibility index (Phi) is 6.54. The maximum atomic E-state index is 14.9. The monoisotopic (exact) mass is 585 g/mol. The van der Waals surface area contributed by atoms with Gasteiger partial charge in [0, 0.05) is 31.0 Å². The molecule has 0 aliphatic carbocycles. The molecule has 7 rings (SSSR count). The molecular weight excluding hydrogens is 552 g/mol. The number of hydrogen-bond donors (Lipinski definition) is 1. The first kappa shape index (κ1) is 27.6. The number of nitrogens with zero attached hydrogens (tertiary/aromatic N) is 5. The van der Waals surface area contributed by atoms with Gasteiger partial charge in [0.15, 0.2) is 0 Å². The molecule has 0 unspecified atom stereocenters. The van der Waals surface area contributed by atoms with Gasteiger partial charge < -0.3 is 19.5 Å². The van der Waals surface area contributed by atoms with E-state index in [2.05, 4.69) is 29.6 Å². The molecule has 1 N–H and O–H groups in total. The summed E-state index contributed by atoms with van der Waals surface area (Å²) in [6.45, 7) is 6.17. The number of fused-ring (bicyclic) bond motifs is 2. The van der Waals surface area contributed by atoms with Gasteiger partial charge in [-0.2, -0.15) is 9.97 Å². The number of halogens is 2. The van der Waals surface area contributed by atoms with Gasteiger partial charge in [-0.1, -0.05) is 25.8 Å². The highest BCUT2D eigenvalue weighted by atomic mass is 19.1. The third-order valence-corrected chi connectivity index (χ3v) is 9.30. The van der Waals surface area contributed by atoms with Crippen molar-refractivity contribution in [2.45, 2.75) is 50.9 Å². The third-order valence-electron chi connectivity index (χ3n) is 9.30. The van der Waals surface area contributed by atoms with Crippen LogP contribution in [0.25, 0.3) is 32.9 Å². The predicted octanol–water partition coefficient (Wildman–Crippen LogP) is 5.48. The third kappa shape index (κ3) is 4.49. The fourth-order valence-electron chi connectivity index (χ4n) is 7.13. The van der Waals surface area contributed by atoms with Crippen LogP contribution in [0, 0.1) is 24.1 Å². The van der Waals surface area contributed by atoms with Crippen molar-refractivity contribution < 1.29 is 23.4 Å². The van der Waals surface area contributed by atoms with Gasteiger partial charge in [-0.05, 0) is 55.0 Å². The Morgan fingerprint density at radius 3 is 2.84 bits per heavy atom. The second-order valence-electron chi connectivity index (χ2n) is 12.3. The lowest BCUT2D eigenvalue weighted by Gasteiger charge is -2.31. The minimum absolute atomic E-state index is 0.0131. The number of pyridine rings is 1. The number of phenolic OH excluding ortho intramolecular Hbond substituents is 1. The zero-order valence-corrected chi connectivity index (χ0v) is 24.4. The normalized spacial score (nSPS) is 23.4. The van der Waals surface area contributed by atoms with E-state index in [0.29, 0.717) is 70.8 Å². The standard InChI is InChI=1S/C33H33F2N5O3/c1-5-22-24(35)8-7-19-11-21(41)12-23(28(19)22)25-13-26-29-30(39(4)27(18(2)3)16-42-31(29)36-25)38-32(37-26)43-17-33-9-6-10-40(33)15-20(34)14-33/h1,7-8,11-13,18,20,27,41H,6,9-10,14-17H2,2-4H3/t20-,27-,33+/m1/s1. The molecule has 0 saturated carbocycles. The molecule has 0 spiro atoms. The summed E-state index contributed by atoms with van der Waals surface area (Å²) in [5, 5.41) is 12.3. The van der Waals surface area contributed by atoms with E-state index in [0.717, 1.165) is 19.4 Å². The Morgan fingerprint density at radius 1 is 1.21 bits per heavy atom. The van der Waals surface area contributed by atoms with Crippen molar-refractivity contribution in [2.75, 3.05) is 38.3 Å². The molecule has 10 heteroatoms. The van der Waals surface area contributed by atoms with Crippen LogP contribution in [0.3, 0.4) is 0 Å². The highest BCUT2D eigenvalue weighted by molar-refractivity contribution is 6.03. The minimum atomic E-state index is -0.868. The van der Waals surface area contributed by atoms with Gasteiger partial charge >= 0.3 is 6.01 Å². The van der Waals surface area contributed by atoms with E-state index in [1.807, 2.05) is 7.05 Å². The maximum absolute atomic E-state index is 14.9. The maximum Gasteiger partial charge on any atom is 0.319 e. The largest absolute Gasteiger partial charge is 0.508 e. The summed E-state index contributed by atoms with van der Waals surface area (Å²) in [4.78, 5) is 18.8. The van der Waals surface area contributed by atoms with Crippen LogP contribution < -0.4 is 14.4 Å². The van der Waals surface area contributed by atoms with E-state index in [1.54, 1.807) is 12.1 Å².